The minimum Gasteiger partial charge on any atom is -0.388 e. The van der Waals surface area contributed by atoms with Crippen LogP contribution in [0.3, 0.4) is 0 Å². The van der Waals surface area contributed by atoms with Gasteiger partial charge in [0, 0.05) is 13.1 Å². The fourth-order valence-electron chi connectivity index (χ4n) is 3.87. The highest BCUT2D eigenvalue weighted by atomic mass is 16.3. The summed E-state index contributed by atoms with van der Waals surface area (Å²) >= 11 is 0. The number of hydrogen-bond donors (Lipinski definition) is 1. The standard InChI is InChI=1S/C28H35NO2/c1-28(2,3)17-19-29(18-16-25-14-13-24-6-4-5-7-27(24)25)20-23-10-8-22(9-11-23)12-15-26(31)21-30/h4-12,14-15,30H,13,16-21H2,1-3H3/b15-12+. The third-order valence-corrected chi connectivity index (χ3v) is 5.81. The molecule has 0 aliphatic heterocycles. The second kappa shape index (κ2) is 10.7. The van der Waals surface area contributed by atoms with Gasteiger partial charge >= 0.3 is 0 Å². The Labute approximate surface area is 187 Å². The average molecular weight is 418 g/mol. The van der Waals surface area contributed by atoms with Gasteiger partial charge in [-0.05, 0) is 65.1 Å². The predicted molar refractivity (Wildman–Crippen MR) is 130 cm³/mol. The van der Waals surface area contributed by atoms with Gasteiger partial charge in [-0.2, -0.15) is 0 Å². The number of allylic oxidation sites excluding steroid dienone is 1. The Kier molecular flexibility index (Phi) is 8.00. The van der Waals surface area contributed by atoms with Gasteiger partial charge in [-0.15, -0.1) is 0 Å². The Hall–Kier alpha value is -2.49. The van der Waals surface area contributed by atoms with Gasteiger partial charge in [-0.1, -0.05) is 81.5 Å². The predicted octanol–water partition coefficient (Wildman–Crippen LogP) is 5.53. The van der Waals surface area contributed by atoms with Crippen molar-refractivity contribution in [2.75, 3.05) is 19.7 Å². The lowest BCUT2D eigenvalue weighted by Crippen LogP contribution is -2.28. The third-order valence-electron chi connectivity index (χ3n) is 5.81. The molecule has 0 fully saturated rings. The number of aliphatic hydroxyl groups excluding tert-OH is 1. The van der Waals surface area contributed by atoms with Crippen molar-refractivity contribution in [3.63, 3.8) is 0 Å². The molecule has 0 amide bonds. The van der Waals surface area contributed by atoms with E-state index in [2.05, 4.69) is 68.1 Å². The summed E-state index contributed by atoms with van der Waals surface area (Å²) < 4.78 is 0. The number of carbonyl (C=O) groups excluding carboxylic acids is 1. The van der Waals surface area contributed by atoms with Crippen molar-refractivity contribution in [1.29, 1.82) is 0 Å². The van der Waals surface area contributed by atoms with Crippen molar-refractivity contribution in [2.24, 2.45) is 5.41 Å². The number of fused-ring (bicyclic) bond motifs is 1. The lowest BCUT2D eigenvalue weighted by Gasteiger charge is -2.27. The zero-order valence-corrected chi connectivity index (χ0v) is 19.1. The van der Waals surface area contributed by atoms with Gasteiger partial charge in [0.2, 0.25) is 0 Å². The van der Waals surface area contributed by atoms with E-state index in [1.165, 1.54) is 28.3 Å². The summed E-state index contributed by atoms with van der Waals surface area (Å²) in [6.07, 6.45) is 8.86. The monoisotopic (exact) mass is 417 g/mol. The highest BCUT2D eigenvalue weighted by Gasteiger charge is 2.17. The SMILES string of the molecule is CC(C)(C)CCN(CCC1=CCc2ccccc21)Cc1ccc(/C=C/C(=O)CO)cc1. The normalized spacial score (nSPS) is 13.6. The van der Waals surface area contributed by atoms with E-state index in [0.717, 1.165) is 44.5 Å². The molecule has 1 aliphatic carbocycles. The summed E-state index contributed by atoms with van der Waals surface area (Å²) in [6, 6.07) is 17.1. The van der Waals surface area contributed by atoms with E-state index in [1.54, 1.807) is 6.08 Å². The molecule has 0 radical (unpaired) electrons. The highest BCUT2D eigenvalue weighted by Crippen LogP contribution is 2.30. The van der Waals surface area contributed by atoms with Crippen LogP contribution >= 0.6 is 0 Å². The zero-order valence-electron chi connectivity index (χ0n) is 19.1. The van der Waals surface area contributed by atoms with Gasteiger partial charge in [0.05, 0.1) is 0 Å². The van der Waals surface area contributed by atoms with Crippen molar-refractivity contribution in [1.82, 2.24) is 4.90 Å². The first-order valence-electron chi connectivity index (χ1n) is 11.2. The highest BCUT2D eigenvalue weighted by molar-refractivity contribution is 5.94. The summed E-state index contributed by atoms with van der Waals surface area (Å²) in [6.45, 7) is 9.50. The number of benzene rings is 2. The smallest absolute Gasteiger partial charge is 0.181 e. The minimum absolute atomic E-state index is 0.278. The maximum Gasteiger partial charge on any atom is 0.181 e. The largest absolute Gasteiger partial charge is 0.388 e. The summed E-state index contributed by atoms with van der Waals surface area (Å²) in [7, 11) is 0. The quantitative estimate of drug-likeness (QED) is 0.517. The molecule has 1 aliphatic rings. The molecule has 3 rings (SSSR count). The van der Waals surface area contributed by atoms with Crippen molar-refractivity contribution in [2.45, 2.75) is 46.6 Å². The minimum atomic E-state index is -0.446. The van der Waals surface area contributed by atoms with Gasteiger partial charge in [-0.3, -0.25) is 9.69 Å². The van der Waals surface area contributed by atoms with E-state index in [0.29, 0.717) is 5.41 Å². The van der Waals surface area contributed by atoms with Crippen molar-refractivity contribution in [3.8, 4) is 0 Å². The molecule has 0 atom stereocenters. The van der Waals surface area contributed by atoms with Gasteiger partial charge in [-0.25, -0.2) is 0 Å². The van der Waals surface area contributed by atoms with Gasteiger partial charge in [0.1, 0.15) is 6.61 Å². The third kappa shape index (κ3) is 7.30. The van der Waals surface area contributed by atoms with Crippen LogP contribution in [0.2, 0.25) is 0 Å². The fraction of sp³-hybridized carbons (Fsp3) is 0.393. The molecule has 0 unspecified atom stereocenters. The van der Waals surface area contributed by atoms with Crippen LogP contribution in [0.25, 0.3) is 11.6 Å². The molecule has 3 heteroatoms. The molecule has 0 aromatic heterocycles. The first-order valence-corrected chi connectivity index (χ1v) is 11.2. The van der Waals surface area contributed by atoms with Crippen molar-refractivity contribution >= 4 is 17.4 Å². The number of aliphatic hydroxyl groups is 1. The van der Waals surface area contributed by atoms with Crippen LogP contribution in [0.4, 0.5) is 0 Å². The summed E-state index contributed by atoms with van der Waals surface area (Å²) in [5, 5.41) is 8.84. The number of ketones is 1. The van der Waals surface area contributed by atoms with Gasteiger partial charge in [0.25, 0.3) is 0 Å². The van der Waals surface area contributed by atoms with Crippen LogP contribution in [-0.2, 0) is 17.8 Å². The summed E-state index contributed by atoms with van der Waals surface area (Å²) in [5.74, 6) is -0.278. The zero-order chi connectivity index (χ0) is 22.3. The van der Waals surface area contributed by atoms with E-state index in [-0.39, 0.29) is 5.78 Å². The molecule has 0 saturated heterocycles. The molecule has 2 aromatic rings. The number of rotatable bonds is 10. The van der Waals surface area contributed by atoms with E-state index < -0.39 is 6.61 Å². The van der Waals surface area contributed by atoms with E-state index in [4.69, 9.17) is 5.11 Å². The molecular weight excluding hydrogens is 382 g/mol. The van der Waals surface area contributed by atoms with Crippen molar-refractivity contribution < 1.29 is 9.90 Å². The average Bonchev–Trinajstić information content (AvgIpc) is 3.17. The van der Waals surface area contributed by atoms with E-state index in [9.17, 15) is 4.79 Å². The maximum absolute atomic E-state index is 11.3. The lowest BCUT2D eigenvalue weighted by molar-refractivity contribution is -0.117. The molecule has 0 spiro atoms. The summed E-state index contributed by atoms with van der Waals surface area (Å²) in [5.41, 5.74) is 6.91. The Balaban J connectivity index is 1.63. The second-order valence-electron chi connectivity index (χ2n) is 9.63. The Morgan fingerprint density at radius 1 is 1.06 bits per heavy atom. The van der Waals surface area contributed by atoms with Crippen LogP contribution < -0.4 is 0 Å². The van der Waals surface area contributed by atoms with Crippen LogP contribution in [0, 0.1) is 5.41 Å². The van der Waals surface area contributed by atoms with Gasteiger partial charge in [0.15, 0.2) is 5.78 Å². The molecule has 0 bridgehead atoms. The van der Waals surface area contributed by atoms with Crippen LogP contribution in [0.1, 0.15) is 55.9 Å². The Bertz CT molecular complexity index is 932. The number of nitrogens with zero attached hydrogens (tertiary/aromatic N) is 1. The molecule has 0 heterocycles. The topological polar surface area (TPSA) is 40.5 Å². The first-order chi connectivity index (χ1) is 14.8. The first kappa shape index (κ1) is 23.2. The van der Waals surface area contributed by atoms with Crippen molar-refractivity contribution in [3.05, 3.63) is 82.9 Å². The van der Waals surface area contributed by atoms with Gasteiger partial charge < -0.3 is 5.11 Å². The number of hydrogen-bond acceptors (Lipinski definition) is 3. The number of carbonyl (C=O) groups is 1. The molecule has 0 saturated carbocycles. The van der Waals surface area contributed by atoms with E-state index in [1.807, 2.05) is 12.1 Å². The molecule has 1 N–H and O–H groups in total. The molecule has 164 valence electrons. The Morgan fingerprint density at radius 2 is 1.81 bits per heavy atom. The molecule has 3 nitrogen and oxygen atoms in total. The van der Waals surface area contributed by atoms with Crippen LogP contribution in [0.15, 0.2) is 60.7 Å². The summed E-state index contributed by atoms with van der Waals surface area (Å²) in [4.78, 5) is 13.8. The molecule has 2 aromatic carbocycles. The maximum atomic E-state index is 11.3. The lowest BCUT2D eigenvalue weighted by atomic mass is 9.92. The van der Waals surface area contributed by atoms with Crippen LogP contribution in [-0.4, -0.2) is 35.5 Å². The fourth-order valence-corrected chi connectivity index (χ4v) is 3.87. The Morgan fingerprint density at radius 3 is 2.52 bits per heavy atom. The molecule has 31 heavy (non-hydrogen) atoms. The second-order valence-corrected chi connectivity index (χ2v) is 9.63. The van der Waals surface area contributed by atoms with Crippen LogP contribution in [0.5, 0.6) is 0 Å². The van der Waals surface area contributed by atoms with E-state index >= 15 is 0 Å². The molecular formula is C28H35NO2.